The van der Waals surface area contributed by atoms with Gasteiger partial charge in [0.25, 0.3) is 5.91 Å². The Bertz CT molecular complexity index is 550. The van der Waals surface area contributed by atoms with Crippen molar-refractivity contribution in [3.8, 4) is 11.5 Å². The van der Waals surface area contributed by atoms with E-state index in [0.717, 1.165) is 19.3 Å². The molecule has 114 valence electrons. The minimum atomic E-state index is -0.138. The monoisotopic (exact) mass is 310 g/mol. The number of halogens is 1. The lowest BCUT2D eigenvalue weighted by Crippen LogP contribution is -2.44. The number of hydrogen-bond acceptors (Lipinski definition) is 4. The Hall–Kier alpha value is -1.46. The molecule has 1 saturated carbocycles. The third-order valence-corrected chi connectivity index (χ3v) is 4.50. The molecular formula is C15H19ClN2O3. The number of carbonyl (C=O) groups is 1. The van der Waals surface area contributed by atoms with Crippen molar-refractivity contribution in [2.75, 3.05) is 13.3 Å². The van der Waals surface area contributed by atoms with Gasteiger partial charge in [0.2, 0.25) is 6.79 Å². The molecule has 1 aromatic carbocycles. The van der Waals surface area contributed by atoms with Crippen molar-refractivity contribution in [3.63, 3.8) is 0 Å². The molecule has 3 rings (SSSR count). The summed E-state index contributed by atoms with van der Waals surface area (Å²) >= 11 is 6.11. The van der Waals surface area contributed by atoms with Crippen molar-refractivity contribution < 1.29 is 14.3 Å². The average Bonchev–Trinajstić information content (AvgIpc) is 2.96. The van der Waals surface area contributed by atoms with Crippen molar-refractivity contribution in [1.82, 2.24) is 5.32 Å². The van der Waals surface area contributed by atoms with Crippen LogP contribution in [0.4, 0.5) is 0 Å². The fraction of sp³-hybridized carbons (Fsp3) is 0.533. The lowest BCUT2D eigenvalue weighted by molar-refractivity contribution is 0.0907. The molecule has 2 atom stereocenters. The Morgan fingerprint density at radius 2 is 2.14 bits per heavy atom. The van der Waals surface area contributed by atoms with Crippen LogP contribution in [0, 0.1) is 5.92 Å². The number of fused-ring (bicyclic) bond motifs is 1. The first-order valence-corrected chi connectivity index (χ1v) is 7.67. The lowest BCUT2D eigenvalue weighted by Gasteiger charge is -2.31. The molecular weight excluding hydrogens is 292 g/mol. The second-order valence-electron chi connectivity index (χ2n) is 5.55. The third-order valence-electron chi connectivity index (χ3n) is 4.22. The second kappa shape index (κ2) is 6.12. The van der Waals surface area contributed by atoms with Gasteiger partial charge in [-0.05, 0) is 37.4 Å². The molecule has 1 amide bonds. The zero-order chi connectivity index (χ0) is 14.8. The summed E-state index contributed by atoms with van der Waals surface area (Å²) in [5.41, 5.74) is 6.29. The fourth-order valence-electron chi connectivity index (χ4n) is 3.03. The Morgan fingerprint density at radius 1 is 1.33 bits per heavy atom. The predicted octanol–water partition coefficient (Wildman–Crippen LogP) is 2.32. The van der Waals surface area contributed by atoms with Gasteiger partial charge in [0.05, 0.1) is 5.02 Å². The number of rotatable bonds is 3. The molecule has 1 fully saturated rings. The zero-order valence-corrected chi connectivity index (χ0v) is 12.5. The SMILES string of the molecule is NCC1CCCCC1NC(=O)c1cc(Cl)c2c(c1)OCO2. The normalized spacial score (nSPS) is 23.9. The highest BCUT2D eigenvalue weighted by Crippen LogP contribution is 2.39. The summed E-state index contributed by atoms with van der Waals surface area (Å²) in [7, 11) is 0. The Balaban J connectivity index is 1.75. The van der Waals surface area contributed by atoms with E-state index in [1.807, 2.05) is 0 Å². The number of ether oxygens (including phenoxy) is 2. The van der Waals surface area contributed by atoms with Crippen molar-refractivity contribution in [3.05, 3.63) is 22.7 Å². The van der Waals surface area contributed by atoms with Crippen LogP contribution in [-0.4, -0.2) is 25.3 Å². The second-order valence-corrected chi connectivity index (χ2v) is 5.96. The van der Waals surface area contributed by atoms with Crippen LogP contribution in [0.3, 0.4) is 0 Å². The van der Waals surface area contributed by atoms with Crippen molar-refractivity contribution >= 4 is 17.5 Å². The molecule has 0 radical (unpaired) electrons. The molecule has 2 unspecified atom stereocenters. The van der Waals surface area contributed by atoms with Gasteiger partial charge in [-0.25, -0.2) is 0 Å². The highest BCUT2D eigenvalue weighted by atomic mass is 35.5. The van der Waals surface area contributed by atoms with E-state index in [1.165, 1.54) is 6.42 Å². The highest BCUT2D eigenvalue weighted by Gasteiger charge is 2.27. The van der Waals surface area contributed by atoms with Gasteiger partial charge in [0.15, 0.2) is 11.5 Å². The molecule has 2 aliphatic rings. The van der Waals surface area contributed by atoms with Gasteiger partial charge in [-0.15, -0.1) is 0 Å². The number of hydrogen-bond donors (Lipinski definition) is 2. The highest BCUT2D eigenvalue weighted by molar-refractivity contribution is 6.32. The van der Waals surface area contributed by atoms with Crippen LogP contribution in [-0.2, 0) is 0 Å². The number of carbonyl (C=O) groups excluding carboxylic acids is 1. The third kappa shape index (κ3) is 2.94. The quantitative estimate of drug-likeness (QED) is 0.898. The minimum Gasteiger partial charge on any atom is -0.454 e. The van der Waals surface area contributed by atoms with Crippen LogP contribution in [0.5, 0.6) is 11.5 Å². The first-order valence-electron chi connectivity index (χ1n) is 7.29. The van der Waals surface area contributed by atoms with Crippen LogP contribution in [0.2, 0.25) is 5.02 Å². The van der Waals surface area contributed by atoms with E-state index < -0.39 is 0 Å². The van der Waals surface area contributed by atoms with Crippen LogP contribution in [0.25, 0.3) is 0 Å². The van der Waals surface area contributed by atoms with Crippen LogP contribution < -0.4 is 20.5 Å². The average molecular weight is 311 g/mol. The largest absolute Gasteiger partial charge is 0.454 e. The van der Waals surface area contributed by atoms with E-state index >= 15 is 0 Å². The summed E-state index contributed by atoms with van der Waals surface area (Å²) in [4.78, 5) is 12.4. The van der Waals surface area contributed by atoms with Crippen LogP contribution >= 0.6 is 11.6 Å². The predicted molar refractivity (Wildman–Crippen MR) is 79.8 cm³/mol. The molecule has 1 aliphatic carbocycles. The number of nitrogens with one attached hydrogen (secondary N) is 1. The van der Waals surface area contributed by atoms with E-state index in [-0.39, 0.29) is 18.7 Å². The summed E-state index contributed by atoms with van der Waals surface area (Å²) in [5, 5.41) is 3.48. The first kappa shape index (κ1) is 14.5. The molecule has 6 heteroatoms. The van der Waals surface area contributed by atoms with Gasteiger partial charge in [-0.2, -0.15) is 0 Å². The smallest absolute Gasteiger partial charge is 0.251 e. The molecule has 3 N–H and O–H groups in total. The Labute approximate surface area is 128 Å². The minimum absolute atomic E-state index is 0.137. The Morgan fingerprint density at radius 3 is 2.95 bits per heavy atom. The molecule has 0 bridgehead atoms. The summed E-state index contributed by atoms with van der Waals surface area (Å²) in [5.74, 6) is 1.24. The Kier molecular flexibility index (Phi) is 4.22. The van der Waals surface area contributed by atoms with Crippen LogP contribution in [0.15, 0.2) is 12.1 Å². The summed E-state index contributed by atoms with van der Waals surface area (Å²) < 4.78 is 10.5. The zero-order valence-electron chi connectivity index (χ0n) is 11.7. The van der Waals surface area contributed by atoms with Gasteiger partial charge in [0.1, 0.15) is 0 Å². The van der Waals surface area contributed by atoms with Gasteiger partial charge >= 0.3 is 0 Å². The molecule has 0 aromatic heterocycles. The molecule has 5 nitrogen and oxygen atoms in total. The fourth-order valence-corrected chi connectivity index (χ4v) is 3.30. The molecule has 0 spiro atoms. The molecule has 1 aromatic rings. The van der Waals surface area contributed by atoms with Crippen molar-refractivity contribution in [2.45, 2.75) is 31.7 Å². The number of nitrogens with two attached hydrogens (primary N) is 1. The topological polar surface area (TPSA) is 73.6 Å². The summed E-state index contributed by atoms with van der Waals surface area (Å²) in [6.45, 7) is 0.741. The molecule has 1 heterocycles. The molecule has 21 heavy (non-hydrogen) atoms. The number of benzene rings is 1. The van der Waals surface area contributed by atoms with Gasteiger partial charge in [0, 0.05) is 11.6 Å². The lowest BCUT2D eigenvalue weighted by atomic mass is 9.84. The molecule has 0 saturated heterocycles. The van der Waals surface area contributed by atoms with E-state index in [0.29, 0.717) is 34.5 Å². The van der Waals surface area contributed by atoms with Crippen LogP contribution in [0.1, 0.15) is 36.0 Å². The van der Waals surface area contributed by atoms with Crippen molar-refractivity contribution in [2.24, 2.45) is 11.7 Å². The molecule has 1 aliphatic heterocycles. The maximum absolute atomic E-state index is 12.4. The van der Waals surface area contributed by atoms with E-state index in [2.05, 4.69) is 5.32 Å². The van der Waals surface area contributed by atoms with E-state index in [9.17, 15) is 4.79 Å². The standard InChI is InChI=1S/C15H19ClN2O3/c16-11-5-10(6-13-14(11)21-8-20-13)15(19)18-12-4-2-1-3-9(12)7-17/h5-6,9,12H,1-4,7-8,17H2,(H,18,19). The maximum atomic E-state index is 12.4. The van der Waals surface area contributed by atoms with Gasteiger partial charge in [-0.3, -0.25) is 4.79 Å². The summed E-state index contributed by atoms with van der Waals surface area (Å²) in [6, 6.07) is 3.43. The first-order chi connectivity index (χ1) is 10.2. The summed E-state index contributed by atoms with van der Waals surface area (Å²) in [6.07, 6.45) is 4.36. The van der Waals surface area contributed by atoms with E-state index in [1.54, 1.807) is 12.1 Å². The number of amides is 1. The van der Waals surface area contributed by atoms with E-state index in [4.69, 9.17) is 26.8 Å². The van der Waals surface area contributed by atoms with Gasteiger partial charge in [-0.1, -0.05) is 24.4 Å². The maximum Gasteiger partial charge on any atom is 0.251 e. The van der Waals surface area contributed by atoms with Crippen molar-refractivity contribution in [1.29, 1.82) is 0 Å². The van der Waals surface area contributed by atoms with Gasteiger partial charge < -0.3 is 20.5 Å².